The minimum absolute atomic E-state index is 0.106. The van der Waals surface area contributed by atoms with Gasteiger partial charge >= 0.3 is 0 Å². The third-order valence-corrected chi connectivity index (χ3v) is 4.18. The lowest BCUT2D eigenvalue weighted by Gasteiger charge is -2.34. The Bertz CT molecular complexity index is 768. The molecule has 1 aromatic rings. The Morgan fingerprint density at radius 3 is 1.75 bits per heavy atom. The van der Waals surface area contributed by atoms with Gasteiger partial charge in [0.25, 0.3) is 0 Å². The first-order chi connectivity index (χ1) is 13.1. The number of amides is 3. The summed E-state index contributed by atoms with van der Waals surface area (Å²) in [7, 11) is 0. The molecule has 1 aromatic carbocycles. The lowest BCUT2D eigenvalue weighted by atomic mass is 10.2. The fraction of sp³-hybridized carbons (Fsp3) is 0.438. The zero-order valence-corrected chi connectivity index (χ0v) is 14.8. The average molecular weight is 408 g/mol. The molecule has 0 spiro atoms. The van der Waals surface area contributed by atoms with Gasteiger partial charge in [0, 0.05) is 45.9 Å². The fourth-order valence-electron chi connectivity index (χ4n) is 2.56. The Kier molecular flexibility index (Phi) is 6.75. The van der Waals surface area contributed by atoms with Gasteiger partial charge in [-0.3, -0.25) is 25.2 Å². The molecule has 12 heteroatoms. The van der Waals surface area contributed by atoms with E-state index in [0.29, 0.717) is 26.2 Å². The summed E-state index contributed by atoms with van der Waals surface area (Å²) in [6.45, 7) is 2.77. The van der Waals surface area contributed by atoms with E-state index in [2.05, 4.69) is 0 Å². The minimum Gasteiger partial charge on any atom is -0.339 e. The molecule has 1 fully saturated rings. The molecule has 0 aliphatic carbocycles. The molecular weight excluding hydrogens is 391 g/mol. The van der Waals surface area contributed by atoms with Crippen molar-refractivity contribution in [3.05, 3.63) is 29.1 Å². The van der Waals surface area contributed by atoms with E-state index in [4.69, 9.17) is 0 Å². The number of benzene rings is 1. The molecule has 1 aliphatic heterocycles. The molecule has 2 rings (SSSR count). The topological polar surface area (TPSA) is 81.8 Å². The molecule has 0 atom stereocenters. The second-order valence-electron chi connectivity index (χ2n) is 6.00. The van der Waals surface area contributed by atoms with Gasteiger partial charge in [-0.1, -0.05) is 0 Å². The smallest absolute Gasteiger partial charge is 0.238 e. The first-order valence-corrected chi connectivity index (χ1v) is 8.23. The van der Waals surface area contributed by atoms with Gasteiger partial charge in [0.2, 0.25) is 23.5 Å². The van der Waals surface area contributed by atoms with Crippen LogP contribution in [0, 0.1) is 29.1 Å². The summed E-state index contributed by atoms with van der Waals surface area (Å²) in [4.78, 5) is 38.0. The van der Waals surface area contributed by atoms with Crippen LogP contribution >= 0.6 is 0 Å². The highest BCUT2D eigenvalue weighted by atomic mass is 19.2. The minimum atomic E-state index is -2.32. The highest BCUT2D eigenvalue weighted by molar-refractivity contribution is 5.84. The van der Waals surface area contributed by atoms with E-state index in [9.17, 15) is 36.3 Å². The van der Waals surface area contributed by atoms with E-state index in [0.717, 1.165) is 0 Å². The lowest BCUT2D eigenvalue weighted by molar-refractivity contribution is -0.139. The number of rotatable bonds is 5. The summed E-state index contributed by atoms with van der Waals surface area (Å²) in [6, 6.07) is 0. The molecular formula is C16H17F5N4O3. The van der Waals surface area contributed by atoms with Crippen LogP contribution in [0.3, 0.4) is 0 Å². The average Bonchev–Trinajstić information content (AvgIpc) is 2.69. The van der Waals surface area contributed by atoms with Crippen molar-refractivity contribution in [3.63, 3.8) is 0 Å². The highest BCUT2D eigenvalue weighted by Crippen LogP contribution is 2.26. The van der Waals surface area contributed by atoms with Crippen LogP contribution in [0.1, 0.15) is 19.8 Å². The van der Waals surface area contributed by atoms with Gasteiger partial charge in [-0.25, -0.2) is 22.0 Å². The summed E-state index contributed by atoms with van der Waals surface area (Å²) >= 11 is 0. The zero-order chi connectivity index (χ0) is 21.0. The molecule has 1 heterocycles. The summed E-state index contributed by atoms with van der Waals surface area (Å²) in [5, 5.41) is 0. The number of halogens is 5. The number of anilines is 1. The Morgan fingerprint density at radius 1 is 0.786 bits per heavy atom. The molecule has 0 aromatic heterocycles. The van der Waals surface area contributed by atoms with Gasteiger partial charge in [-0.2, -0.15) is 0 Å². The molecule has 0 saturated carbocycles. The normalized spacial score (nSPS) is 14.1. The Morgan fingerprint density at radius 2 is 1.25 bits per heavy atom. The molecule has 28 heavy (non-hydrogen) atoms. The van der Waals surface area contributed by atoms with Crippen molar-refractivity contribution in [1.82, 2.24) is 15.2 Å². The Labute approximate surface area is 156 Å². The quantitative estimate of drug-likeness (QED) is 0.333. The lowest BCUT2D eigenvalue weighted by Crippen LogP contribution is -2.50. The molecule has 3 amide bonds. The number of carbonyl (C=O) groups excluding carboxylic acids is 3. The fourth-order valence-corrected chi connectivity index (χ4v) is 2.56. The van der Waals surface area contributed by atoms with Crippen LogP contribution in [0.4, 0.5) is 27.6 Å². The molecule has 154 valence electrons. The number of nitrogens with one attached hydrogen (secondary N) is 2. The maximum absolute atomic E-state index is 13.5. The monoisotopic (exact) mass is 408 g/mol. The van der Waals surface area contributed by atoms with Crippen molar-refractivity contribution in [2.24, 2.45) is 0 Å². The van der Waals surface area contributed by atoms with Gasteiger partial charge in [0.05, 0.1) is 0 Å². The van der Waals surface area contributed by atoms with Gasteiger partial charge < -0.3 is 9.80 Å². The van der Waals surface area contributed by atoms with E-state index in [1.54, 1.807) is 15.8 Å². The molecule has 0 unspecified atom stereocenters. The number of hydrogen-bond acceptors (Lipinski definition) is 4. The van der Waals surface area contributed by atoms with Crippen LogP contribution in [0.5, 0.6) is 0 Å². The van der Waals surface area contributed by atoms with Gasteiger partial charge in [0.15, 0.2) is 23.3 Å². The largest absolute Gasteiger partial charge is 0.339 e. The van der Waals surface area contributed by atoms with Crippen LogP contribution in [0.2, 0.25) is 0 Å². The molecule has 0 bridgehead atoms. The van der Waals surface area contributed by atoms with E-state index in [-0.39, 0.29) is 24.7 Å². The maximum atomic E-state index is 13.5. The van der Waals surface area contributed by atoms with Crippen molar-refractivity contribution in [2.45, 2.75) is 19.8 Å². The number of hydrazine groups is 1. The number of piperazine rings is 1. The summed E-state index contributed by atoms with van der Waals surface area (Å²) in [6.07, 6.45) is -0.612. The van der Waals surface area contributed by atoms with Crippen LogP contribution in [-0.2, 0) is 14.4 Å². The highest BCUT2D eigenvalue weighted by Gasteiger charge is 2.26. The summed E-state index contributed by atoms with van der Waals surface area (Å²) in [5.74, 6) is -12.2. The number of hydrogen-bond donors (Lipinski definition) is 2. The van der Waals surface area contributed by atoms with Crippen LogP contribution in [0.15, 0.2) is 0 Å². The molecule has 2 N–H and O–H groups in total. The molecule has 7 nitrogen and oxygen atoms in total. The standard InChI is InChI=1S/C16H17F5N4O3/c1-8(26)24-4-6-25(7-5-24)10(28)3-2-9(27)22-23-16-14(20)12(18)11(17)13(19)15(16)21/h23H,2-7H2,1H3,(H,22,27). The van der Waals surface area contributed by atoms with Crippen molar-refractivity contribution in [1.29, 1.82) is 0 Å². The summed E-state index contributed by atoms with van der Waals surface area (Å²) < 4.78 is 66.0. The van der Waals surface area contributed by atoms with Gasteiger partial charge in [-0.05, 0) is 0 Å². The van der Waals surface area contributed by atoms with Gasteiger partial charge in [-0.15, -0.1) is 0 Å². The third-order valence-electron chi connectivity index (χ3n) is 4.18. The van der Waals surface area contributed by atoms with E-state index in [1.165, 1.54) is 11.8 Å². The first-order valence-electron chi connectivity index (χ1n) is 8.23. The van der Waals surface area contributed by atoms with Crippen LogP contribution in [-0.4, -0.2) is 53.7 Å². The predicted octanol–water partition coefficient (Wildman–Crippen LogP) is 1.30. The van der Waals surface area contributed by atoms with Crippen molar-refractivity contribution in [2.75, 3.05) is 31.6 Å². The third kappa shape index (κ3) is 4.67. The van der Waals surface area contributed by atoms with Crippen molar-refractivity contribution < 1.29 is 36.3 Å². The Balaban J connectivity index is 1.84. The predicted molar refractivity (Wildman–Crippen MR) is 86.1 cm³/mol. The van der Waals surface area contributed by atoms with Gasteiger partial charge in [0.1, 0.15) is 5.69 Å². The maximum Gasteiger partial charge on any atom is 0.238 e. The Hall–Kier alpha value is -2.92. The van der Waals surface area contributed by atoms with Crippen LogP contribution in [0.25, 0.3) is 0 Å². The number of carbonyl (C=O) groups is 3. The summed E-state index contributed by atoms with van der Waals surface area (Å²) in [5.41, 5.74) is 2.03. The first kappa shape index (κ1) is 21.4. The second kappa shape index (κ2) is 8.85. The van der Waals surface area contributed by atoms with Crippen molar-refractivity contribution >= 4 is 23.4 Å². The van der Waals surface area contributed by atoms with E-state index in [1.807, 2.05) is 0 Å². The van der Waals surface area contributed by atoms with E-state index >= 15 is 0 Å². The molecule has 1 aliphatic rings. The van der Waals surface area contributed by atoms with Crippen LogP contribution < -0.4 is 10.9 Å². The van der Waals surface area contributed by atoms with E-state index < -0.39 is 40.7 Å². The van der Waals surface area contributed by atoms with Crippen molar-refractivity contribution in [3.8, 4) is 0 Å². The second-order valence-corrected chi connectivity index (χ2v) is 6.00. The SMILES string of the molecule is CC(=O)N1CCN(C(=O)CCC(=O)NNc2c(F)c(F)c(F)c(F)c2F)CC1. The molecule has 1 saturated heterocycles. The zero-order valence-electron chi connectivity index (χ0n) is 14.8. The molecule has 0 radical (unpaired) electrons. The number of nitrogens with zero attached hydrogens (tertiary/aromatic N) is 2.